The van der Waals surface area contributed by atoms with Crippen LogP contribution in [0.2, 0.25) is 0 Å². The van der Waals surface area contributed by atoms with Crippen LogP contribution in [-0.2, 0) is 0 Å². The highest BCUT2D eigenvalue weighted by molar-refractivity contribution is 5.36. The zero-order chi connectivity index (χ0) is 21.3. The average molecular weight is 410 g/mol. The number of phenols is 1. The van der Waals surface area contributed by atoms with Gasteiger partial charge in [0.05, 0.1) is 6.10 Å². The lowest BCUT2D eigenvalue weighted by molar-refractivity contribution is 0.000544. The molecule has 2 aromatic carbocycles. The summed E-state index contributed by atoms with van der Waals surface area (Å²) in [7, 11) is 4.09. The second-order valence-electron chi connectivity index (χ2n) is 9.76. The van der Waals surface area contributed by atoms with Crippen LogP contribution >= 0.6 is 0 Å². The molecular formula is C26H35NO3. The van der Waals surface area contributed by atoms with Crippen LogP contribution in [0, 0.1) is 11.3 Å². The summed E-state index contributed by atoms with van der Waals surface area (Å²) in [5.74, 6) is 2.51. The van der Waals surface area contributed by atoms with Gasteiger partial charge < -0.3 is 19.8 Å². The van der Waals surface area contributed by atoms with Crippen LogP contribution in [0.4, 0.5) is 0 Å². The van der Waals surface area contributed by atoms with Gasteiger partial charge in [-0.05, 0) is 98.3 Å². The molecule has 2 saturated carbocycles. The predicted molar refractivity (Wildman–Crippen MR) is 120 cm³/mol. The molecule has 30 heavy (non-hydrogen) atoms. The highest BCUT2D eigenvalue weighted by Crippen LogP contribution is 2.60. The molecule has 0 saturated heterocycles. The molecule has 0 heterocycles. The van der Waals surface area contributed by atoms with Crippen LogP contribution < -0.4 is 4.74 Å². The molecule has 0 radical (unpaired) electrons. The number of ether oxygens (including phenoxy) is 1. The first-order valence-electron chi connectivity index (χ1n) is 11.2. The number of likely N-dealkylation sites (N-methyl/N-ethyl adjacent to an activating group) is 1. The third-order valence-electron chi connectivity index (χ3n) is 7.60. The van der Waals surface area contributed by atoms with Gasteiger partial charge in [0.2, 0.25) is 0 Å². The molecule has 162 valence electrons. The molecular weight excluding hydrogens is 374 g/mol. The monoisotopic (exact) mass is 409 g/mol. The summed E-state index contributed by atoms with van der Waals surface area (Å²) in [5.41, 5.74) is 2.58. The fourth-order valence-electron chi connectivity index (χ4n) is 5.66. The molecule has 0 aliphatic heterocycles. The van der Waals surface area contributed by atoms with Crippen molar-refractivity contribution in [3.05, 3.63) is 59.7 Å². The maximum atomic E-state index is 10.8. The van der Waals surface area contributed by atoms with Gasteiger partial charge in [0, 0.05) is 6.54 Å². The van der Waals surface area contributed by atoms with Crippen molar-refractivity contribution < 1.29 is 14.9 Å². The SMILES string of the molecule is CN(C)CCOc1ccc(C2CC3(C)[C@@H](CC[C@@H]3O)C[C@H]2c2ccc(O)cc2)cc1. The van der Waals surface area contributed by atoms with Crippen molar-refractivity contribution >= 4 is 0 Å². The quantitative estimate of drug-likeness (QED) is 0.722. The number of aromatic hydroxyl groups is 1. The minimum absolute atomic E-state index is 0.0149. The summed E-state index contributed by atoms with van der Waals surface area (Å²) in [6, 6.07) is 16.3. The number of aliphatic hydroxyl groups excluding tert-OH is 1. The van der Waals surface area contributed by atoms with Crippen molar-refractivity contribution in [3.63, 3.8) is 0 Å². The Morgan fingerprint density at radius 3 is 2.27 bits per heavy atom. The highest BCUT2D eigenvalue weighted by Gasteiger charge is 2.52. The number of nitrogens with zero attached hydrogens (tertiary/aromatic N) is 1. The maximum Gasteiger partial charge on any atom is 0.119 e. The number of hydrogen-bond acceptors (Lipinski definition) is 4. The predicted octanol–water partition coefficient (Wildman–Crippen LogP) is 4.77. The van der Waals surface area contributed by atoms with Crippen molar-refractivity contribution in [2.45, 2.75) is 50.5 Å². The van der Waals surface area contributed by atoms with Crippen molar-refractivity contribution in [1.29, 1.82) is 0 Å². The number of rotatable bonds is 6. The van der Waals surface area contributed by atoms with Gasteiger partial charge in [0.1, 0.15) is 18.1 Å². The van der Waals surface area contributed by atoms with Crippen LogP contribution in [0.3, 0.4) is 0 Å². The van der Waals surface area contributed by atoms with Crippen LogP contribution in [0.5, 0.6) is 11.5 Å². The third kappa shape index (κ3) is 4.21. The van der Waals surface area contributed by atoms with Crippen LogP contribution in [0.25, 0.3) is 0 Å². The van der Waals surface area contributed by atoms with Gasteiger partial charge in [-0.15, -0.1) is 0 Å². The molecule has 2 unspecified atom stereocenters. The first-order valence-corrected chi connectivity index (χ1v) is 11.2. The molecule has 2 fully saturated rings. The summed E-state index contributed by atoms with van der Waals surface area (Å²) in [4.78, 5) is 2.11. The van der Waals surface area contributed by atoms with Gasteiger partial charge in [-0.25, -0.2) is 0 Å². The van der Waals surface area contributed by atoms with E-state index in [0.717, 1.165) is 38.0 Å². The largest absolute Gasteiger partial charge is 0.508 e. The third-order valence-corrected chi connectivity index (χ3v) is 7.60. The van der Waals surface area contributed by atoms with E-state index in [0.29, 0.717) is 30.1 Å². The second-order valence-corrected chi connectivity index (χ2v) is 9.76. The lowest BCUT2D eigenvalue weighted by Gasteiger charge is -2.47. The van der Waals surface area contributed by atoms with E-state index in [1.54, 1.807) is 12.1 Å². The van der Waals surface area contributed by atoms with E-state index in [2.05, 4.69) is 48.2 Å². The van der Waals surface area contributed by atoms with Crippen molar-refractivity contribution in [3.8, 4) is 11.5 Å². The Balaban J connectivity index is 1.59. The summed E-state index contributed by atoms with van der Waals surface area (Å²) >= 11 is 0. The Bertz CT molecular complexity index is 832. The van der Waals surface area contributed by atoms with Gasteiger partial charge in [-0.2, -0.15) is 0 Å². The van der Waals surface area contributed by atoms with Crippen LogP contribution in [0.1, 0.15) is 55.6 Å². The van der Waals surface area contributed by atoms with E-state index in [-0.39, 0.29) is 11.5 Å². The molecule has 2 aromatic rings. The number of hydrogen-bond donors (Lipinski definition) is 2. The molecule has 0 spiro atoms. The van der Waals surface area contributed by atoms with Crippen molar-refractivity contribution in [2.24, 2.45) is 11.3 Å². The van der Waals surface area contributed by atoms with E-state index in [1.165, 1.54) is 11.1 Å². The molecule has 2 N–H and O–H groups in total. The minimum Gasteiger partial charge on any atom is -0.508 e. The Kier molecular flexibility index (Phi) is 6.08. The molecule has 0 bridgehead atoms. The van der Waals surface area contributed by atoms with Crippen LogP contribution in [0.15, 0.2) is 48.5 Å². The molecule has 5 atom stereocenters. The molecule has 2 aliphatic carbocycles. The first-order chi connectivity index (χ1) is 14.4. The van der Waals surface area contributed by atoms with E-state index in [9.17, 15) is 10.2 Å². The normalized spacial score (nSPS) is 31.0. The van der Waals surface area contributed by atoms with E-state index >= 15 is 0 Å². The summed E-state index contributed by atoms with van der Waals surface area (Å²) in [6.07, 6.45) is 3.89. The Morgan fingerprint density at radius 1 is 0.967 bits per heavy atom. The standard InChI is InChI=1S/C26H35NO3/c1-26-17-24(19-6-11-22(12-7-19)30-15-14-27(2)3)23(16-20(26)8-13-25(26)29)18-4-9-21(28)10-5-18/h4-7,9-12,20,23-25,28-29H,8,13-17H2,1-3H3/t20-,23-,24?,25-,26?/m0/s1. The van der Waals surface area contributed by atoms with Crippen molar-refractivity contribution in [1.82, 2.24) is 4.90 Å². The van der Waals surface area contributed by atoms with Crippen LogP contribution in [-0.4, -0.2) is 48.5 Å². The second kappa shape index (κ2) is 8.60. The fraction of sp³-hybridized carbons (Fsp3) is 0.538. The number of benzene rings is 2. The van der Waals surface area contributed by atoms with Gasteiger partial charge in [0.15, 0.2) is 0 Å². The fourth-order valence-corrected chi connectivity index (χ4v) is 5.66. The summed E-state index contributed by atoms with van der Waals surface area (Å²) < 4.78 is 5.88. The van der Waals surface area contributed by atoms with E-state index in [1.807, 2.05) is 14.1 Å². The number of phenolic OH excluding ortho intramolecular Hbond substituents is 1. The van der Waals surface area contributed by atoms with Gasteiger partial charge in [0.25, 0.3) is 0 Å². The number of fused-ring (bicyclic) bond motifs is 1. The Morgan fingerprint density at radius 2 is 1.60 bits per heavy atom. The van der Waals surface area contributed by atoms with Gasteiger partial charge in [-0.3, -0.25) is 0 Å². The van der Waals surface area contributed by atoms with Gasteiger partial charge in [-0.1, -0.05) is 31.2 Å². The number of aliphatic hydroxyl groups is 1. The highest BCUT2D eigenvalue weighted by atomic mass is 16.5. The lowest BCUT2D eigenvalue weighted by atomic mass is 9.58. The summed E-state index contributed by atoms with van der Waals surface area (Å²) in [5, 5.41) is 20.5. The van der Waals surface area contributed by atoms with Gasteiger partial charge >= 0.3 is 0 Å². The minimum atomic E-state index is -0.209. The zero-order valence-corrected chi connectivity index (χ0v) is 18.4. The smallest absolute Gasteiger partial charge is 0.119 e. The topological polar surface area (TPSA) is 52.9 Å². The van der Waals surface area contributed by atoms with E-state index in [4.69, 9.17) is 4.74 Å². The maximum absolute atomic E-state index is 10.8. The molecule has 4 heteroatoms. The molecule has 4 nitrogen and oxygen atoms in total. The van der Waals surface area contributed by atoms with E-state index < -0.39 is 0 Å². The molecule has 4 rings (SSSR count). The Hall–Kier alpha value is -2.04. The molecule has 0 amide bonds. The lowest BCUT2D eigenvalue weighted by Crippen LogP contribution is -2.40. The Labute approximate surface area is 180 Å². The molecule has 2 aliphatic rings. The zero-order valence-electron chi connectivity index (χ0n) is 18.4. The molecule has 0 aromatic heterocycles. The first kappa shape index (κ1) is 21.2. The summed E-state index contributed by atoms with van der Waals surface area (Å²) in [6.45, 7) is 3.86. The average Bonchev–Trinajstić information content (AvgIpc) is 3.02. The van der Waals surface area contributed by atoms with Crippen molar-refractivity contribution in [2.75, 3.05) is 27.2 Å².